The van der Waals surface area contributed by atoms with E-state index in [1.54, 1.807) is 30.6 Å². The third kappa shape index (κ3) is 23.3. The Balaban J connectivity index is 0.000000317. The molecule has 3 heterocycles. The third-order valence-corrected chi connectivity index (χ3v) is 13.7. The van der Waals surface area contributed by atoms with Crippen LogP contribution < -0.4 is 5.73 Å². The lowest BCUT2D eigenvalue weighted by Gasteiger charge is -2.36. The molecule has 73 heavy (non-hydrogen) atoms. The Morgan fingerprint density at radius 1 is 0.603 bits per heavy atom. The lowest BCUT2D eigenvalue weighted by Crippen LogP contribution is -2.52. The fourth-order valence-corrected chi connectivity index (χ4v) is 10.3. The molecule has 1 aromatic heterocycles. The van der Waals surface area contributed by atoms with E-state index in [0.717, 1.165) is 63.7 Å². The van der Waals surface area contributed by atoms with Crippen LogP contribution in [0.2, 0.25) is 0 Å². The molecule has 2 aliphatic carbocycles. The van der Waals surface area contributed by atoms with Gasteiger partial charge in [-0.25, -0.2) is 14.4 Å². The molecule has 17 nitrogen and oxygen atoms in total. The number of hydrogen-bond donors (Lipinski definition) is 1. The predicted molar refractivity (Wildman–Crippen MR) is 280 cm³/mol. The summed E-state index contributed by atoms with van der Waals surface area (Å²) in [4.78, 5) is 77.1. The van der Waals surface area contributed by atoms with Gasteiger partial charge in [-0.05, 0) is 146 Å². The predicted octanol–water partition coefficient (Wildman–Crippen LogP) is 12.8. The molecule has 2 unspecified atom stereocenters. The number of amides is 2. The van der Waals surface area contributed by atoms with E-state index < -0.39 is 52.4 Å². The van der Waals surface area contributed by atoms with Gasteiger partial charge in [-0.3, -0.25) is 19.4 Å². The van der Waals surface area contributed by atoms with E-state index in [0.29, 0.717) is 43.6 Å². The van der Waals surface area contributed by atoms with Crippen molar-refractivity contribution in [3.63, 3.8) is 0 Å². The van der Waals surface area contributed by atoms with Gasteiger partial charge in [0.2, 0.25) is 5.89 Å². The Labute approximate surface area is 437 Å². The molecule has 2 amide bonds. The van der Waals surface area contributed by atoms with E-state index in [2.05, 4.69) is 10.3 Å². The molecular weight excluding hydrogens is 933 g/mol. The number of ether oxygens (including phenoxy) is 4. The first kappa shape index (κ1) is 61.1. The first-order chi connectivity index (χ1) is 34.2. The molecule has 4 atom stereocenters. The molecule has 1 aromatic rings. The van der Waals surface area contributed by atoms with E-state index in [1.165, 1.54) is 70.6 Å². The summed E-state index contributed by atoms with van der Waals surface area (Å²) in [5.74, 6) is 0.340. The number of hydrogen-bond acceptors (Lipinski definition) is 14. The van der Waals surface area contributed by atoms with Crippen molar-refractivity contribution >= 4 is 35.9 Å². The van der Waals surface area contributed by atoms with Gasteiger partial charge in [0.15, 0.2) is 11.7 Å². The number of rotatable bonds is 17. The second-order valence-corrected chi connectivity index (χ2v) is 25.1. The van der Waals surface area contributed by atoms with Crippen molar-refractivity contribution in [3.05, 3.63) is 11.7 Å². The highest BCUT2D eigenvalue weighted by molar-refractivity contribution is 5.89. The maximum Gasteiger partial charge on any atom is 0.410 e. The van der Waals surface area contributed by atoms with Crippen LogP contribution in [0.25, 0.3) is 0 Å². The van der Waals surface area contributed by atoms with Gasteiger partial charge in [-0.15, -0.1) is 0 Å². The Morgan fingerprint density at radius 3 is 1.60 bits per heavy atom. The summed E-state index contributed by atoms with van der Waals surface area (Å²) in [6.07, 6.45) is 22.6. The number of aromatic nitrogens is 2. The first-order valence-corrected chi connectivity index (χ1v) is 28.0. The molecule has 2 aliphatic heterocycles. The normalized spacial score (nSPS) is 20.7. The average Bonchev–Trinajstić information content (AvgIpc) is 3.79. The van der Waals surface area contributed by atoms with Gasteiger partial charge < -0.3 is 34.0 Å². The Morgan fingerprint density at radius 2 is 1.07 bits per heavy atom. The van der Waals surface area contributed by atoms with Gasteiger partial charge in [0, 0.05) is 19.0 Å². The van der Waals surface area contributed by atoms with E-state index in [4.69, 9.17) is 39.0 Å². The molecule has 5 rings (SSSR count). The SMILES string of the molecule is CC(C)(C)OC(=O)C[C@@H](CCCC1CCCCC1)C(=O)O/N=C(\N)C1CCCCN1C(=O)OC(C)(C)C.CC(C)(C)OC(=O)C[C@@H](CCCC1CCCCC1)c1nc(C2CCCCN2C(=O)OC(C)(C)C)no1. The fourth-order valence-electron chi connectivity index (χ4n) is 10.3. The molecule has 2 saturated carbocycles. The molecular formula is C56H96N6O11. The molecule has 2 N–H and O–H groups in total. The number of nitrogens with two attached hydrogens (primary N) is 1. The van der Waals surface area contributed by atoms with E-state index in [9.17, 15) is 24.0 Å². The van der Waals surface area contributed by atoms with Gasteiger partial charge in [0.25, 0.3) is 0 Å². The summed E-state index contributed by atoms with van der Waals surface area (Å²) in [5, 5.41) is 8.20. The van der Waals surface area contributed by atoms with Gasteiger partial charge >= 0.3 is 30.1 Å². The molecule has 0 radical (unpaired) electrons. The monoisotopic (exact) mass is 1030 g/mol. The van der Waals surface area contributed by atoms with E-state index >= 15 is 0 Å². The van der Waals surface area contributed by atoms with E-state index in [1.807, 2.05) is 62.3 Å². The highest BCUT2D eigenvalue weighted by Crippen LogP contribution is 2.35. The lowest BCUT2D eigenvalue weighted by molar-refractivity contribution is -0.162. The van der Waals surface area contributed by atoms with Crippen LogP contribution >= 0.6 is 0 Å². The van der Waals surface area contributed by atoms with Gasteiger partial charge in [-0.2, -0.15) is 4.98 Å². The summed E-state index contributed by atoms with van der Waals surface area (Å²) in [7, 11) is 0. The molecule has 17 heteroatoms. The third-order valence-electron chi connectivity index (χ3n) is 13.7. The fraction of sp³-hybridized carbons (Fsp3) is 0.857. The van der Waals surface area contributed by atoms with Crippen molar-refractivity contribution in [2.75, 3.05) is 13.1 Å². The second kappa shape index (κ2) is 28.5. The van der Waals surface area contributed by atoms with Crippen molar-refractivity contribution in [2.24, 2.45) is 28.6 Å². The number of amidine groups is 1. The standard InChI is InChI=1S/C28H49N3O6.C28H47N3O5/c1-27(2,3)35-23(32)19-21(16-12-15-20-13-8-7-9-14-20)25(33)37-30-24(29)22-17-10-11-18-31(22)26(34)36-28(4,5)6;1-27(2,3)34-23(32)19-21(16-12-15-20-13-8-7-9-14-20)25-29-24(30-36-25)22-17-10-11-18-31(22)26(33)35-28(4,5)6/h20-22H,7-19H2,1-6H3,(H2,29,30);20-22H,7-19H2,1-6H3/t2*21-,22?/m11/s1. The highest BCUT2D eigenvalue weighted by atomic mass is 16.7. The Kier molecular flexibility index (Phi) is 23.8. The number of nitrogens with zero attached hydrogens (tertiary/aromatic N) is 5. The summed E-state index contributed by atoms with van der Waals surface area (Å²) < 4.78 is 27.9. The van der Waals surface area contributed by atoms with Gasteiger partial charge in [-0.1, -0.05) is 100 Å². The van der Waals surface area contributed by atoms with Gasteiger partial charge in [0.1, 0.15) is 22.4 Å². The molecule has 2 saturated heterocycles. The van der Waals surface area contributed by atoms with Gasteiger partial charge in [0.05, 0.1) is 30.8 Å². The molecule has 4 fully saturated rings. The Hall–Kier alpha value is -4.44. The zero-order valence-corrected chi connectivity index (χ0v) is 47.2. The minimum absolute atomic E-state index is 0.0529. The molecule has 0 bridgehead atoms. The zero-order valence-electron chi connectivity index (χ0n) is 47.2. The summed E-state index contributed by atoms with van der Waals surface area (Å²) in [6.45, 7) is 23.1. The summed E-state index contributed by atoms with van der Waals surface area (Å²) in [6, 6.07) is -0.789. The maximum absolute atomic E-state index is 13.0. The first-order valence-electron chi connectivity index (χ1n) is 28.0. The molecule has 416 valence electrons. The van der Waals surface area contributed by atoms with Crippen LogP contribution in [-0.4, -0.2) is 97.4 Å². The number of esters is 2. The lowest BCUT2D eigenvalue weighted by atomic mass is 9.84. The number of likely N-dealkylation sites (tertiary alicyclic amines) is 2. The van der Waals surface area contributed by atoms with Crippen molar-refractivity contribution in [1.29, 1.82) is 0 Å². The van der Waals surface area contributed by atoms with Crippen LogP contribution in [0.4, 0.5) is 9.59 Å². The van der Waals surface area contributed by atoms with Crippen molar-refractivity contribution in [3.8, 4) is 0 Å². The number of oxime groups is 1. The summed E-state index contributed by atoms with van der Waals surface area (Å²) >= 11 is 0. The van der Waals surface area contributed by atoms with E-state index in [-0.39, 0.29) is 42.7 Å². The minimum Gasteiger partial charge on any atom is -0.460 e. The average molecular weight is 1030 g/mol. The van der Waals surface area contributed by atoms with Crippen LogP contribution in [-0.2, 0) is 38.2 Å². The highest BCUT2D eigenvalue weighted by Gasteiger charge is 2.37. The Bertz CT molecular complexity index is 1910. The largest absolute Gasteiger partial charge is 0.460 e. The van der Waals surface area contributed by atoms with Crippen LogP contribution in [0.5, 0.6) is 0 Å². The van der Waals surface area contributed by atoms with Crippen LogP contribution in [0.15, 0.2) is 9.68 Å². The molecule has 0 spiro atoms. The summed E-state index contributed by atoms with van der Waals surface area (Å²) in [5.41, 5.74) is 3.82. The second-order valence-electron chi connectivity index (χ2n) is 25.1. The maximum atomic E-state index is 13.0. The van der Waals surface area contributed by atoms with Crippen molar-refractivity contribution < 1.29 is 52.3 Å². The zero-order chi connectivity index (χ0) is 54.0. The van der Waals surface area contributed by atoms with Crippen LogP contribution in [0, 0.1) is 17.8 Å². The smallest absolute Gasteiger partial charge is 0.410 e. The quantitative estimate of drug-likeness (QED) is 0.0384. The van der Waals surface area contributed by atoms with Crippen LogP contribution in [0.3, 0.4) is 0 Å². The van der Waals surface area contributed by atoms with Crippen LogP contribution in [0.1, 0.15) is 261 Å². The topological polar surface area (TPSA) is 215 Å². The number of carbonyl (C=O) groups is 5. The van der Waals surface area contributed by atoms with Crippen molar-refractivity contribution in [2.45, 2.75) is 278 Å². The molecule has 4 aliphatic rings. The molecule has 0 aromatic carbocycles. The number of carbonyl (C=O) groups excluding carboxylic acids is 5. The number of piperidine rings is 2. The van der Waals surface area contributed by atoms with Crippen molar-refractivity contribution in [1.82, 2.24) is 19.9 Å². The minimum atomic E-state index is -0.664.